The first-order valence-corrected chi connectivity index (χ1v) is 9.62. The maximum absolute atomic E-state index is 13.9. The number of ether oxygens (including phenoxy) is 2. The number of nitrogens with one attached hydrogen (secondary N) is 1. The van der Waals surface area contributed by atoms with E-state index >= 15 is 0 Å². The van der Waals surface area contributed by atoms with E-state index in [1.54, 1.807) is 29.8 Å². The number of fused-ring (bicyclic) bond motifs is 1. The summed E-state index contributed by atoms with van der Waals surface area (Å²) in [6.07, 6.45) is 3.34. The molecule has 33 heavy (non-hydrogen) atoms. The lowest BCUT2D eigenvalue weighted by molar-refractivity contribution is -0.387. The molecule has 0 radical (unpaired) electrons. The van der Waals surface area contributed by atoms with Crippen LogP contribution in [0.5, 0.6) is 5.75 Å². The molecule has 0 unspecified atom stereocenters. The van der Waals surface area contributed by atoms with Gasteiger partial charge in [-0.3, -0.25) is 10.1 Å². The summed E-state index contributed by atoms with van der Waals surface area (Å²) in [5, 5.41) is 14.7. The zero-order valence-corrected chi connectivity index (χ0v) is 17.8. The molecule has 0 fully saturated rings. The van der Waals surface area contributed by atoms with Gasteiger partial charge in [-0.25, -0.2) is 14.8 Å². The quantitative estimate of drug-likeness (QED) is 0.263. The van der Waals surface area contributed by atoms with Crippen LogP contribution >= 0.6 is 0 Å². The van der Waals surface area contributed by atoms with Gasteiger partial charge >= 0.3 is 11.7 Å². The van der Waals surface area contributed by atoms with Crippen molar-refractivity contribution in [3.63, 3.8) is 0 Å². The number of halogens is 1. The first kappa shape index (κ1) is 21.7. The Kier molecular flexibility index (Phi) is 5.61. The third-order valence-electron chi connectivity index (χ3n) is 5.05. The Bertz CT molecular complexity index is 1400. The second-order valence-electron chi connectivity index (χ2n) is 7.00. The highest BCUT2D eigenvalue weighted by Gasteiger charge is 2.21. The van der Waals surface area contributed by atoms with Crippen LogP contribution in [0, 0.1) is 15.9 Å². The number of nitrogens with zero attached hydrogens (tertiary/aromatic N) is 4. The van der Waals surface area contributed by atoms with Gasteiger partial charge in [-0.1, -0.05) is 12.1 Å². The van der Waals surface area contributed by atoms with Crippen molar-refractivity contribution in [1.29, 1.82) is 0 Å². The number of nitro benzene ring substituents is 1. The van der Waals surface area contributed by atoms with Gasteiger partial charge in [0.1, 0.15) is 5.75 Å². The minimum absolute atomic E-state index is 0.0555. The van der Waals surface area contributed by atoms with E-state index in [2.05, 4.69) is 15.3 Å². The van der Waals surface area contributed by atoms with Crippen LogP contribution in [0.3, 0.4) is 0 Å². The Labute approximate surface area is 186 Å². The third-order valence-corrected chi connectivity index (χ3v) is 5.05. The molecule has 10 nitrogen and oxygen atoms in total. The Morgan fingerprint density at radius 1 is 1.24 bits per heavy atom. The molecule has 0 saturated heterocycles. The van der Waals surface area contributed by atoms with Gasteiger partial charge in [0.05, 0.1) is 41.6 Å². The van der Waals surface area contributed by atoms with Crippen LogP contribution in [-0.4, -0.2) is 39.6 Å². The molecule has 2 heterocycles. The van der Waals surface area contributed by atoms with E-state index in [-0.39, 0.29) is 17.4 Å². The molecule has 0 saturated carbocycles. The summed E-state index contributed by atoms with van der Waals surface area (Å²) in [6, 6.07) is 8.92. The second-order valence-corrected chi connectivity index (χ2v) is 7.00. The molecule has 4 rings (SSSR count). The molecule has 0 spiro atoms. The second kappa shape index (κ2) is 8.54. The number of anilines is 2. The molecule has 0 aliphatic heterocycles. The van der Waals surface area contributed by atoms with Crippen LogP contribution in [0.25, 0.3) is 22.2 Å². The number of benzene rings is 2. The Balaban J connectivity index is 1.78. The van der Waals surface area contributed by atoms with Crippen molar-refractivity contribution in [3.05, 3.63) is 70.3 Å². The van der Waals surface area contributed by atoms with Crippen molar-refractivity contribution in [2.75, 3.05) is 19.5 Å². The Hall–Kier alpha value is -4.54. The summed E-state index contributed by atoms with van der Waals surface area (Å²) in [7, 11) is 4.45. The SMILES string of the molecule is COC(=O)c1cccc2c(-c3ccnc(Nc4cc([N+](=O)[O-])c(F)cc4OC)n3)cn(C)c12. The molecule has 2 aromatic heterocycles. The van der Waals surface area contributed by atoms with Crippen molar-refractivity contribution in [2.45, 2.75) is 0 Å². The van der Waals surface area contributed by atoms with Crippen molar-refractivity contribution in [3.8, 4) is 17.0 Å². The monoisotopic (exact) mass is 451 g/mol. The van der Waals surface area contributed by atoms with Crippen molar-refractivity contribution in [2.24, 2.45) is 7.05 Å². The molecule has 11 heteroatoms. The molecule has 0 aliphatic rings. The molecule has 0 aliphatic carbocycles. The van der Waals surface area contributed by atoms with Crippen LogP contribution < -0.4 is 10.1 Å². The van der Waals surface area contributed by atoms with E-state index in [1.165, 1.54) is 20.4 Å². The van der Waals surface area contributed by atoms with Gasteiger partial charge in [0.2, 0.25) is 11.8 Å². The first-order valence-electron chi connectivity index (χ1n) is 9.62. The summed E-state index contributed by atoms with van der Waals surface area (Å²) in [5.74, 6) is -1.30. The number of aryl methyl sites for hydroxylation is 1. The fraction of sp³-hybridized carbons (Fsp3) is 0.136. The lowest BCUT2D eigenvalue weighted by Crippen LogP contribution is -2.03. The fourth-order valence-corrected chi connectivity index (χ4v) is 3.59. The molecule has 2 aromatic carbocycles. The maximum atomic E-state index is 13.9. The normalized spacial score (nSPS) is 10.8. The zero-order valence-electron chi connectivity index (χ0n) is 17.8. The van der Waals surface area contributed by atoms with Gasteiger partial charge in [0.15, 0.2) is 0 Å². The van der Waals surface area contributed by atoms with E-state index in [9.17, 15) is 19.3 Å². The smallest absolute Gasteiger partial charge is 0.340 e. The minimum Gasteiger partial charge on any atom is -0.494 e. The fourth-order valence-electron chi connectivity index (χ4n) is 3.59. The average Bonchev–Trinajstić information content (AvgIpc) is 3.16. The van der Waals surface area contributed by atoms with Gasteiger partial charge in [0, 0.05) is 42.5 Å². The predicted molar refractivity (Wildman–Crippen MR) is 118 cm³/mol. The van der Waals surface area contributed by atoms with Gasteiger partial charge in [-0.15, -0.1) is 0 Å². The Morgan fingerprint density at radius 2 is 2.03 bits per heavy atom. The molecular weight excluding hydrogens is 433 g/mol. The third kappa shape index (κ3) is 3.91. The van der Waals surface area contributed by atoms with Crippen LogP contribution in [-0.2, 0) is 11.8 Å². The number of nitro groups is 1. The highest BCUT2D eigenvalue weighted by atomic mass is 19.1. The number of aromatic nitrogens is 3. The molecular formula is C22H18FN5O5. The lowest BCUT2D eigenvalue weighted by atomic mass is 10.1. The molecule has 0 atom stereocenters. The zero-order chi connectivity index (χ0) is 23.7. The number of carbonyl (C=O) groups excluding carboxylic acids is 1. The van der Waals surface area contributed by atoms with Crippen molar-refractivity contribution >= 4 is 34.2 Å². The maximum Gasteiger partial charge on any atom is 0.340 e. The number of para-hydroxylation sites is 1. The Morgan fingerprint density at radius 3 is 2.73 bits per heavy atom. The standard InChI is InChI=1S/C22H18FN5O5/c1-27-11-14(12-5-4-6-13(20(12)27)21(29)33-3)16-7-8-24-22(25-16)26-17-10-18(28(30)31)15(23)9-19(17)32-2/h4-11H,1-3H3,(H,24,25,26). The summed E-state index contributed by atoms with van der Waals surface area (Å²) in [5.41, 5.74) is 1.80. The number of hydrogen-bond donors (Lipinski definition) is 1. The number of rotatable bonds is 6. The summed E-state index contributed by atoms with van der Waals surface area (Å²) in [6.45, 7) is 0. The van der Waals surface area contributed by atoms with Gasteiger partial charge in [0.25, 0.3) is 0 Å². The van der Waals surface area contributed by atoms with Crippen molar-refractivity contribution in [1.82, 2.24) is 14.5 Å². The lowest BCUT2D eigenvalue weighted by Gasteiger charge is -2.11. The highest BCUT2D eigenvalue weighted by molar-refractivity contribution is 6.07. The van der Waals surface area contributed by atoms with E-state index < -0.39 is 22.4 Å². The topological polar surface area (TPSA) is 121 Å². The average molecular weight is 451 g/mol. The molecule has 1 N–H and O–H groups in total. The molecule has 168 valence electrons. The van der Waals surface area contributed by atoms with Gasteiger partial charge in [-0.2, -0.15) is 4.39 Å². The molecule has 0 amide bonds. The number of carbonyl (C=O) groups is 1. The molecule has 4 aromatic rings. The number of esters is 1. The largest absolute Gasteiger partial charge is 0.494 e. The predicted octanol–water partition coefficient (Wildman–Crippen LogP) is 4.22. The van der Waals surface area contributed by atoms with Crippen LogP contribution in [0.15, 0.2) is 48.8 Å². The van der Waals surface area contributed by atoms with Crippen molar-refractivity contribution < 1.29 is 23.6 Å². The minimum atomic E-state index is -1.02. The van der Waals surface area contributed by atoms with Crippen LogP contribution in [0.1, 0.15) is 10.4 Å². The summed E-state index contributed by atoms with van der Waals surface area (Å²) < 4.78 is 25.8. The number of methoxy groups -OCH3 is 2. The highest BCUT2D eigenvalue weighted by Crippen LogP contribution is 2.35. The molecule has 0 bridgehead atoms. The summed E-state index contributed by atoms with van der Waals surface area (Å²) >= 11 is 0. The van der Waals surface area contributed by atoms with E-state index in [4.69, 9.17) is 9.47 Å². The van der Waals surface area contributed by atoms with E-state index in [0.717, 1.165) is 23.1 Å². The van der Waals surface area contributed by atoms with Gasteiger partial charge < -0.3 is 19.4 Å². The van der Waals surface area contributed by atoms with Crippen LogP contribution in [0.4, 0.5) is 21.7 Å². The number of hydrogen-bond acceptors (Lipinski definition) is 8. The van der Waals surface area contributed by atoms with E-state index in [1.807, 2.05) is 12.3 Å². The van der Waals surface area contributed by atoms with Crippen LogP contribution in [0.2, 0.25) is 0 Å². The van der Waals surface area contributed by atoms with E-state index in [0.29, 0.717) is 16.8 Å². The first-order chi connectivity index (χ1) is 15.8. The van der Waals surface area contributed by atoms with Gasteiger partial charge in [-0.05, 0) is 12.1 Å². The summed E-state index contributed by atoms with van der Waals surface area (Å²) in [4.78, 5) is 31.1.